The number of nitrogen functional groups attached to an aromatic ring is 1. The van der Waals surface area contributed by atoms with Crippen LogP contribution in [0.4, 0.5) is 5.69 Å². The van der Waals surface area contributed by atoms with E-state index in [1.807, 2.05) is 31.2 Å². The topological polar surface area (TPSA) is 26.0 Å². The highest BCUT2D eigenvalue weighted by molar-refractivity contribution is 5.38. The van der Waals surface area contributed by atoms with Crippen molar-refractivity contribution < 1.29 is 0 Å². The maximum absolute atomic E-state index is 5.43. The summed E-state index contributed by atoms with van der Waals surface area (Å²) in [6, 6.07) is 16.1. The number of benzene rings is 2. The lowest BCUT2D eigenvalue weighted by molar-refractivity contribution is 1.34. The zero-order chi connectivity index (χ0) is 12.0. The molecule has 0 saturated carbocycles. The van der Waals surface area contributed by atoms with Crippen molar-refractivity contribution >= 4 is 5.69 Å². The molecule has 0 amide bonds. The van der Waals surface area contributed by atoms with Gasteiger partial charge in [0.05, 0.1) is 0 Å². The van der Waals surface area contributed by atoms with Crippen LogP contribution in [0.3, 0.4) is 0 Å². The number of rotatable bonds is 0. The largest absolute Gasteiger partial charge is 0.399 e. The third-order valence-corrected chi connectivity index (χ3v) is 2.50. The van der Waals surface area contributed by atoms with E-state index in [0.717, 1.165) is 5.69 Å². The van der Waals surface area contributed by atoms with Crippen LogP contribution in [0, 0.1) is 20.8 Å². The van der Waals surface area contributed by atoms with Gasteiger partial charge in [-0.05, 0) is 44.0 Å². The van der Waals surface area contributed by atoms with Crippen LogP contribution in [0.15, 0.2) is 48.5 Å². The molecule has 0 heterocycles. The monoisotopic (exact) mass is 213 g/mol. The predicted octanol–water partition coefficient (Wildman–Crippen LogP) is 3.88. The third-order valence-electron chi connectivity index (χ3n) is 2.50. The van der Waals surface area contributed by atoms with Gasteiger partial charge in [-0.1, -0.05) is 42.0 Å². The van der Waals surface area contributed by atoms with Crippen LogP contribution in [-0.2, 0) is 0 Å². The average Bonchev–Trinajstić information content (AvgIpc) is 2.28. The lowest BCUT2D eigenvalue weighted by Gasteiger charge is -1.93. The van der Waals surface area contributed by atoms with E-state index in [2.05, 4.69) is 38.1 Å². The van der Waals surface area contributed by atoms with Crippen molar-refractivity contribution in [1.29, 1.82) is 0 Å². The zero-order valence-electron chi connectivity index (χ0n) is 10.2. The molecule has 2 aromatic rings. The van der Waals surface area contributed by atoms with E-state index in [-0.39, 0.29) is 0 Å². The second kappa shape index (κ2) is 5.96. The number of aryl methyl sites for hydroxylation is 3. The SMILES string of the molecule is Cc1ccc(N)cc1.Cc1ccccc1C. The molecule has 0 radical (unpaired) electrons. The predicted molar refractivity (Wildman–Crippen MR) is 71.5 cm³/mol. The van der Waals surface area contributed by atoms with Gasteiger partial charge in [0.1, 0.15) is 0 Å². The molecule has 16 heavy (non-hydrogen) atoms. The molecule has 0 aliphatic heterocycles. The molecular weight excluding hydrogens is 194 g/mol. The molecule has 2 N–H and O–H groups in total. The molecule has 0 atom stereocenters. The summed E-state index contributed by atoms with van der Waals surface area (Å²) >= 11 is 0. The molecule has 0 saturated heterocycles. The van der Waals surface area contributed by atoms with Crippen molar-refractivity contribution in [3.63, 3.8) is 0 Å². The van der Waals surface area contributed by atoms with Crippen LogP contribution in [0.2, 0.25) is 0 Å². The number of nitrogens with two attached hydrogens (primary N) is 1. The Bertz CT molecular complexity index is 387. The number of anilines is 1. The van der Waals surface area contributed by atoms with Crippen molar-refractivity contribution in [2.75, 3.05) is 5.73 Å². The highest BCUT2D eigenvalue weighted by Gasteiger charge is 1.83. The number of hydrogen-bond acceptors (Lipinski definition) is 1. The Morgan fingerprint density at radius 1 is 0.688 bits per heavy atom. The van der Waals surface area contributed by atoms with E-state index < -0.39 is 0 Å². The molecule has 0 unspecified atom stereocenters. The molecule has 84 valence electrons. The fourth-order valence-electron chi connectivity index (χ4n) is 1.23. The Labute approximate surface area is 97.9 Å². The highest BCUT2D eigenvalue weighted by atomic mass is 14.5. The van der Waals surface area contributed by atoms with Gasteiger partial charge >= 0.3 is 0 Å². The van der Waals surface area contributed by atoms with E-state index in [1.165, 1.54) is 16.7 Å². The third kappa shape index (κ3) is 4.18. The van der Waals surface area contributed by atoms with Gasteiger partial charge in [0.2, 0.25) is 0 Å². The van der Waals surface area contributed by atoms with Gasteiger partial charge < -0.3 is 5.73 Å². The summed E-state index contributed by atoms with van der Waals surface area (Å²) in [4.78, 5) is 0. The van der Waals surface area contributed by atoms with Crippen LogP contribution in [0.1, 0.15) is 16.7 Å². The summed E-state index contributed by atoms with van der Waals surface area (Å²) in [6.07, 6.45) is 0. The first kappa shape index (κ1) is 12.3. The first-order valence-electron chi connectivity index (χ1n) is 5.44. The second-order valence-electron chi connectivity index (χ2n) is 3.99. The summed E-state index contributed by atoms with van der Waals surface area (Å²) in [5.41, 5.74) is 10.2. The van der Waals surface area contributed by atoms with Crippen LogP contribution < -0.4 is 5.73 Å². The molecule has 0 aliphatic rings. The Balaban J connectivity index is 0.000000160. The van der Waals surface area contributed by atoms with Gasteiger partial charge in [0.15, 0.2) is 0 Å². The van der Waals surface area contributed by atoms with Crippen LogP contribution >= 0.6 is 0 Å². The molecule has 0 aliphatic carbocycles. The van der Waals surface area contributed by atoms with Gasteiger partial charge in [-0.3, -0.25) is 0 Å². The van der Waals surface area contributed by atoms with Crippen molar-refractivity contribution in [2.45, 2.75) is 20.8 Å². The number of hydrogen-bond donors (Lipinski definition) is 1. The molecular formula is C15H19N. The summed E-state index contributed by atoms with van der Waals surface area (Å²) in [6.45, 7) is 6.28. The Morgan fingerprint density at radius 3 is 1.44 bits per heavy atom. The van der Waals surface area contributed by atoms with Crippen LogP contribution in [0.25, 0.3) is 0 Å². The lowest BCUT2D eigenvalue weighted by Crippen LogP contribution is -1.81. The van der Waals surface area contributed by atoms with Crippen LogP contribution in [-0.4, -0.2) is 0 Å². The molecule has 2 rings (SSSR count). The minimum atomic E-state index is 0.829. The molecule has 1 heteroatoms. The summed E-state index contributed by atoms with van der Waals surface area (Å²) < 4.78 is 0. The highest BCUT2D eigenvalue weighted by Crippen LogP contribution is 2.03. The maximum atomic E-state index is 5.43. The molecule has 0 aromatic heterocycles. The summed E-state index contributed by atoms with van der Waals surface area (Å²) in [5.74, 6) is 0. The van der Waals surface area contributed by atoms with E-state index >= 15 is 0 Å². The van der Waals surface area contributed by atoms with Gasteiger partial charge in [-0.25, -0.2) is 0 Å². The smallest absolute Gasteiger partial charge is 0.0314 e. The van der Waals surface area contributed by atoms with Crippen molar-refractivity contribution in [2.24, 2.45) is 0 Å². The summed E-state index contributed by atoms with van der Waals surface area (Å²) in [5, 5.41) is 0. The minimum absolute atomic E-state index is 0.829. The molecule has 0 spiro atoms. The van der Waals surface area contributed by atoms with Crippen molar-refractivity contribution in [3.8, 4) is 0 Å². The lowest BCUT2D eigenvalue weighted by atomic mass is 10.1. The molecule has 0 fully saturated rings. The Hall–Kier alpha value is -1.76. The van der Waals surface area contributed by atoms with Crippen molar-refractivity contribution in [1.82, 2.24) is 0 Å². The van der Waals surface area contributed by atoms with Gasteiger partial charge in [0, 0.05) is 5.69 Å². The molecule has 2 aromatic carbocycles. The van der Waals surface area contributed by atoms with Crippen LogP contribution in [0.5, 0.6) is 0 Å². The van der Waals surface area contributed by atoms with E-state index in [0.29, 0.717) is 0 Å². The first-order valence-corrected chi connectivity index (χ1v) is 5.44. The Morgan fingerprint density at radius 2 is 1.12 bits per heavy atom. The molecule has 1 nitrogen and oxygen atoms in total. The van der Waals surface area contributed by atoms with Gasteiger partial charge in [-0.15, -0.1) is 0 Å². The summed E-state index contributed by atoms with van der Waals surface area (Å²) in [7, 11) is 0. The fraction of sp³-hybridized carbons (Fsp3) is 0.200. The van der Waals surface area contributed by atoms with E-state index in [4.69, 9.17) is 5.73 Å². The Kier molecular flexibility index (Phi) is 4.59. The van der Waals surface area contributed by atoms with Crippen molar-refractivity contribution in [3.05, 3.63) is 65.2 Å². The second-order valence-corrected chi connectivity index (χ2v) is 3.99. The average molecular weight is 213 g/mol. The first-order chi connectivity index (χ1) is 7.59. The van der Waals surface area contributed by atoms with Gasteiger partial charge in [0.25, 0.3) is 0 Å². The zero-order valence-corrected chi connectivity index (χ0v) is 10.2. The fourth-order valence-corrected chi connectivity index (χ4v) is 1.23. The molecule has 0 bridgehead atoms. The van der Waals surface area contributed by atoms with E-state index in [9.17, 15) is 0 Å². The standard InChI is InChI=1S/C8H10.C7H9N/c1-7-5-3-4-6-8(7)2;1-6-2-4-7(8)5-3-6/h3-6H,1-2H3;2-5H,8H2,1H3. The normalized spacial score (nSPS) is 9.19. The maximum Gasteiger partial charge on any atom is 0.0314 e. The van der Waals surface area contributed by atoms with Gasteiger partial charge in [-0.2, -0.15) is 0 Å². The van der Waals surface area contributed by atoms with E-state index in [1.54, 1.807) is 0 Å². The quantitative estimate of drug-likeness (QED) is 0.660. The minimum Gasteiger partial charge on any atom is -0.399 e.